The molecule has 0 heterocycles. The monoisotopic (exact) mass is 181 g/mol. The molecule has 2 aliphatic carbocycles. The molecular formula is C12H23N. The molecule has 2 fully saturated rings. The van der Waals surface area contributed by atoms with E-state index in [0.29, 0.717) is 6.04 Å². The van der Waals surface area contributed by atoms with Gasteiger partial charge in [-0.05, 0) is 42.9 Å². The summed E-state index contributed by atoms with van der Waals surface area (Å²) in [7, 11) is 0. The molecule has 1 nitrogen and oxygen atoms in total. The van der Waals surface area contributed by atoms with E-state index in [1.165, 1.54) is 32.1 Å². The van der Waals surface area contributed by atoms with E-state index < -0.39 is 0 Å². The molecule has 0 saturated heterocycles. The molecule has 2 rings (SSSR count). The second-order valence-corrected chi connectivity index (χ2v) is 5.25. The quantitative estimate of drug-likeness (QED) is 0.709. The Labute approximate surface area is 82.1 Å². The van der Waals surface area contributed by atoms with E-state index in [9.17, 15) is 0 Å². The fourth-order valence-corrected chi connectivity index (χ4v) is 3.30. The Morgan fingerprint density at radius 2 is 1.92 bits per heavy atom. The van der Waals surface area contributed by atoms with Crippen molar-refractivity contribution in [2.24, 2.45) is 29.4 Å². The lowest BCUT2D eigenvalue weighted by Crippen LogP contribution is -2.27. The van der Waals surface area contributed by atoms with Crippen LogP contribution in [0.4, 0.5) is 0 Å². The van der Waals surface area contributed by atoms with E-state index in [4.69, 9.17) is 5.73 Å². The van der Waals surface area contributed by atoms with Gasteiger partial charge in [0, 0.05) is 6.04 Å². The summed E-state index contributed by atoms with van der Waals surface area (Å²) in [6.45, 7) is 4.60. The Morgan fingerprint density at radius 1 is 1.31 bits per heavy atom. The molecular weight excluding hydrogens is 158 g/mol. The minimum atomic E-state index is 0.519. The zero-order valence-electron chi connectivity index (χ0n) is 9.00. The highest BCUT2D eigenvalue weighted by molar-refractivity contribution is 5.05. The molecule has 0 aliphatic heterocycles. The fraction of sp³-hybridized carbons (Fsp3) is 1.00. The summed E-state index contributed by atoms with van der Waals surface area (Å²) in [5.41, 5.74) is 6.25. The average Bonchev–Trinajstić information content (AvgIpc) is 2.61. The van der Waals surface area contributed by atoms with Gasteiger partial charge in [-0.3, -0.25) is 0 Å². The van der Waals surface area contributed by atoms with Crippen LogP contribution in [-0.2, 0) is 0 Å². The second kappa shape index (κ2) is 3.61. The van der Waals surface area contributed by atoms with Crippen molar-refractivity contribution < 1.29 is 0 Å². The van der Waals surface area contributed by atoms with Gasteiger partial charge in [-0.1, -0.05) is 26.7 Å². The molecule has 0 aromatic carbocycles. The van der Waals surface area contributed by atoms with Crippen molar-refractivity contribution in [2.45, 2.75) is 52.0 Å². The van der Waals surface area contributed by atoms with E-state index in [2.05, 4.69) is 13.8 Å². The summed E-state index contributed by atoms with van der Waals surface area (Å²) >= 11 is 0. The first kappa shape index (κ1) is 9.51. The van der Waals surface area contributed by atoms with Crippen LogP contribution in [0.15, 0.2) is 0 Å². The van der Waals surface area contributed by atoms with Crippen molar-refractivity contribution in [3.05, 3.63) is 0 Å². The van der Waals surface area contributed by atoms with E-state index in [-0.39, 0.29) is 0 Å². The normalized spacial score (nSPS) is 41.3. The van der Waals surface area contributed by atoms with Crippen LogP contribution in [0.2, 0.25) is 0 Å². The summed E-state index contributed by atoms with van der Waals surface area (Å²) in [6.07, 6.45) is 6.97. The minimum Gasteiger partial charge on any atom is -0.327 e. The molecule has 0 bridgehead atoms. The second-order valence-electron chi connectivity index (χ2n) is 5.25. The third-order valence-electron chi connectivity index (χ3n) is 4.34. The Balaban J connectivity index is 1.76. The first-order valence-electron chi connectivity index (χ1n) is 5.99. The van der Waals surface area contributed by atoms with Crippen LogP contribution in [0.1, 0.15) is 46.0 Å². The lowest BCUT2D eigenvalue weighted by atomic mass is 9.94. The summed E-state index contributed by atoms with van der Waals surface area (Å²) in [4.78, 5) is 0. The van der Waals surface area contributed by atoms with Gasteiger partial charge >= 0.3 is 0 Å². The number of hydrogen-bond acceptors (Lipinski definition) is 1. The number of rotatable bonds is 4. The molecule has 0 spiro atoms. The fourth-order valence-electron chi connectivity index (χ4n) is 3.30. The summed E-state index contributed by atoms with van der Waals surface area (Å²) in [5.74, 6) is 3.83. The molecule has 76 valence electrons. The van der Waals surface area contributed by atoms with Crippen LogP contribution in [0.5, 0.6) is 0 Å². The van der Waals surface area contributed by atoms with Gasteiger partial charge in [0.05, 0.1) is 0 Å². The zero-order valence-corrected chi connectivity index (χ0v) is 9.00. The highest BCUT2D eigenvalue weighted by Crippen LogP contribution is 2.59. The molecule has 2 aliphatic rings. The smallest absolute Gasteiger partial charge is 0.00751 e. The highest BCUT2D eigenvalue weighted by Gasteiger charge is 2.54. The van der Waals surface area contributed by atoms with Gasteiger partial charge in [-0.15, -0.1) is 0 Å². The molecule has 0 amide bonds. The molecule has 4 atom stereocenters. The molecule has 0 aromatic rings. The van der Waals surface area contributed by atoms with Crippen molar-refractivity contribution >= 4 is 0 Å². The maximum atomic E-state index is 6.25. The molecule has 4 unspecified atom stereocenters. The molecule has 2 N–H and O–H groups in total. The maximum absolute atomic E-state index is 6.25. The lowest BCUT2D eigenvalue weighted by molar-refractivity contribution is 0.389. The Kier molecular flexibility index (Phi) is 2.64. The van der Waals surface area contributed by atoms with E-state index >= 15 is 0 Å². The Hall–Kier alpha value is -0.0400. The third kappa shape index (κ3) is 1.76. The third-order valence-corrected chi connectivity index (χ3v) is 4.34. The predicted molar refractivity (Wildman–Crippen MR) is 56.4 cm³/mol. The van der Waals surface area contributed by atoms with Crippen LogP contribution in [0.25, 0.3) is 0 Å². The van der Waals surface area contributed by atoms with Crippen LogP contribution in [-0.4, -0.2) is 6.04 Å². The first-order valence-corrected chi connectivity index (χ1v) is 5.99. The number of fused-ring (bicyclic) bond motifs is 1. The van der Waals surface area contributed by atoms with Crippen molar-refractivity contribution in [1.29, 1.82) is 0 Å². The molecule has 13 heavy (non-hydrogen) atoms. The molecule has 1 heteroatoms. The topological polar surface area (TPSA) is 26.0 Å². The van der Waals surface area contributed by atoms with Crippen molar-refractivity contribution in [1.82, 2.24) is 0 Å². The van der Waals surface area contributed by atoms with E-state index in [1.54, 1.807) is 0 Å². The Bertz CT molecular complexity index is 168. The van der Waals surface area contributed by atoms with Crippen molar-refractivity contribution in [3.63, 3.8) is 0 Å². The molecule has 0 radical (unpaired) electrons. The van der Waals surface area contributed by atoms with Gasteiger partial charge in [0.2, 0.25) is 0 Å². The molecule has 2 saturated carbocycles. The minimum absolute atomic E-state index is 0.519. The maximum Gasteiger partial charge on any atom is 0.00751 e. The highest BCUT2D eigenvalue weighted by atomic mass is 14.7. The number of nitrogens with two attached hydrogens (primary N) is 1. The van der Waals surface area contributed by atoms with E-state index in [0.717, 1.165) is 23.7 Å². The van der Waals surface area contributed by atoms with Crippen molar-refractivity contribution in [3.8, 4) is 0 Å². The average molecular weight is 181 g/mol. The van der Waals surface area contributed by atoms with Gasteiger partial charge in [0.25, 0.3) is 0 Å². The summed E-state index contributed by atoms with van der Waals surface area (Å²) in [6, 6.07) is 0.519. The van der Waals surface area contributed by atoms with Crippen LogP contribution < -0.4 is 5.73 Å². The molecule has 0 aromatic heterocycles. The largest absolute Gasteiger partial charge is 0.327 e. The zero-order chi connectivity index (χ0) is 9.42. The van der Waals surface area contributed by atoms with Crippen LogP contribution >= 0.6 is 0 Å². The number of hydrogen-bond donors (Lipinski definition) is 1. The SMILES string of the molecule is CCC(C)CC(N)C1C2CCCC21. The van der Waals surface area contributed by atoms with Crippen molar-refractivity contribution in [2.75, 3.05) is 0 Å². The standard InChI is InChI=1S/C12H23N/c1-3-8(2)7-11(13)12-9-5-4-6-10(9)12/h8-12H,3-7,13H2,1-2H3. The first-order chi connectivity index (χ1) is 6.24. The predicted octanol–water partition coefficient (Wildman–Crippen LogP) is 2.80. The van der Waals surface area contributed by atoms with Gasteiger partial charge < -0.3 is 5.73 Å². The lowest BCUT2D eigenvalue weighted by Gasteiger charge is -2.17. The summed E-state index contributed by atoms with van der Waals surface area (Å²) in [5, 5.41) is 0. The van der Waals surface area contributed by atoms with Crippen LogP contribution in [0.3, 0.4) is 0 Å². The van der Waals surface area contributed by atoms with Crippen LogP contribution in [0, 0.1) is 23.7 Å². The van der Waals surface area contributed by atoms with Gasteiger partial charge in [-0.25, -0.2) is 0 Å². The van der Waals surface area contributed by atoms with Gasteiger partial charge in [0.1, 0.15) is 0 Å². The van der Waals surface area contributed by atoms with E-state index in [1.807, 2.05) is 0 Å². The summed E-state index contributed by atoms with van der Waals surface area (Å²) < 4.78 is 0. The Morgan fingerprint density at radius 3 is 2.46 bits per heavy atom. The van der Waals surface area contributed by atoms with Gasteiger partial charge in [-0.2, -0.15) is 0 Å². The van der Waals surface area contributed by atoms with Gasteiger partial charge in [0.15, 0.2) is 0 Å².